The standard InChI is InChI=1S/C15H18N4O4S2.C2HF3O2/c1-23-12-4-2-3-11(9-12)19-10-13(17-18-19)15(22)16-6-8-25-24-7-5-14(20)21;3-2(4,5)1(6)7/h2-4,9-10H,5-8H2,1H3,(H,16,22)(H,20,21);(H,6,7). The topological polar surface area (TPSA) is 144 Å². The molecule has 1 heterocycles. The van der Waals surface area contributed by atoms with E-state index in [1.165, 1.54) is 26.3 Å². The highest BCUT2D eigenvalue weighted by Crippen LogP contribution is 2.21. The lowest BCUT2D eigenvalue weighted by atomic mass is 10.3. The first-order chi connectivity index (χ1) is 15.0. The summed E-state index contributed by atoms with van der Waals surface area (Å²) >= 11 is 0. The van der Waals surface area contributed by atoms with Crippen molar-refractivity contribution >= 4 is 39.4 Å². The van der Waals surface area contributed by atoms with Gasteiger partial charge in [0.25, 0.3) is 5.91 Å². The molecule has 0 aliphatic carbocycles. The molecule has 2 rings (SSSR count). The fourth-order valence-corrected chi connectivity index (χ4v) is 3.68. The zero-order valence-corrected chi connectivity index (χ0v) is 18.2. The first-order valence-corrected chi connectivity index (χ1v) is 11.1. The number of alkyl halides is 3. The number of aromatic nitrogens is 3. The maximum atomic E-state index is 12.0. The molecule has 0 saturated carbocycles. The third kappa shape index (κ3) is 10.4. The van der Waals surface area contributed by atoms with Crippen LogP contribution in [0.1, 0.15) is 16.9 Å². The first-order valence-electron chi connectivity index (χ1n) is 8.66. The highest BCUT2D eigenvalue weighted by Gasteiger charge is 2.38. The van der Waals surface area contributed by atoms with Gasteiger partial charge in [-0.1, -0.05) is 32.9 Å². The van der Waals surface area contributed by atoms with E-state index in [9.17, 15) is 22.8 Å². The van der Waals surface area contributed by atoms with Gasteiger partial charge in [0.2, 0.25) is 0 Å². The molecule has 1 aromatic heterocycles. The van der Waals surface area contributed by atoms with Crippen molar-refractivity contribution < 1.29 is 42.5 Å². The maximum absolute atomic E-state index is 12.0. The Hall–Kier alpha value is -2.94. The van der Waals surface area contributed by atoms with Gasteiger partial charge in [-0.3, -0.25) is 9.59 Å². The summed E-state index contributed by atoms with van der Waals surface area (Å²) < 4.78 is 38.4. The second kappa shape index (κ2) is 13.5. The normalized spacial score (nSPS) is 10.6. The lowest BCUT2D eigenvalue weighted by molar-refractivity contribution is -0.192. The van der Waals surface area contributed by atoms with Crippen molar-refractivity contribution in [2.45, 2.75) is 12.6 Å². The molecular formula is C17H19F3N4O6S2. The number of methoxy groups -OCH3 is 1. The number of nitrogens with one attached hydrogen (secondary N) is 1. The third-order valence-corrected chi connectivity index (χ3v) is 5.65. The lowest BCUT2D eigenvalue weighted by Crippen LogP contribution is -2.25. The summed E-state index contributed by atoms with van der Waals surface area (Å²) in [6, 6.07) is 7.28. The smallest absolute Gasteiger partial charge is 0.490 e. The molecule has 32 heavy (non-hydrogen) atoms. The second-order valence-electron chi connectivity index (χ2n) is 5.60. The van der Waals surface area contributed by atoms with Crippen LogP contribution in [-0.4, -0.2) is 74.4 Å². The van der Waals surface area contributed by atoms with E-state index >= 15 is 0 Å². The molecule has 0 unspecified atom stereocenters. The van der Waals surface area contributed by atoms with Gasteiger partial charge in [-0.25, -0.2) is 9.48 Å². The van der Waals surface area contributed by atoms with Gasteiger partial charge < -0.3 is 20.3 Å². The Labute approximate surface area is 187 Å². The predicted octanol–water partition coefficient (Wildman–Crippen LogP) is 2.50. The highest BCUT2D eigenvalue weighted by atomic mass is 33.1. The van der Waals surface area contributed by atoms with Gasteiger partial charge in [0.05, 0.1) is 25.4 Å². The predicted molar refractivity (Wildman–Crippen MR) is 111 cm³/mol. The van der Waals surface area contributed by atoms with Gasteiger partial charge in [0.15, 0.2) is 5.69 Å². The number of hydrogen-bond donors (Lipinski definition) is 3. The van der Waals surface area contributed by atoms with Crippen molar-refractivity contribution in [2.24, 2.45) is 0 Å². The Bertz CT molecular complexity index is 910. The average molecular weight is 496 g/mol. The number of nitrogens with zero attached hydrogens (tertiary/aromatic N) is 3. The van der Waals surface area contributed by atoms with Crippen LogP contribution in [0.4, 0.5) is 13.2 Å². The van der Waals surface area contributed by atoms with Gasteiger partial charge in [-0.2, -0.15) is 13.2 Å². The number of aliphatic carboxylic acids is 2. The number of hydrogen-bond acceptors (Lipinski definition) is 8. The van der Waals surface area contributed by atoms with Crippen LogP contribution in [0.2, 0.25) is 0 Å². The molecule has 10 nitrogen and oxygen atoms in total. The van der Waals surface area contributed by atoms with E-state index in [-0.39, 0.29) is 18.0 Å². The molecular weight excluding hydrogens is 477 g/mol. The van der Waals surface area contributed by atoms with E-state index in [4.69, 9.17) is 19.7 Å². The molecule has 0 radical (unpaired) electrons. The monoisotopic (exact) mass is 496 g/mol. The molecule has 0 aliphatic heterocycles. The molecule has 3 N–H and O–H groups in total. The van der Waals surface area contributed by atoms with Gasteiger partial charge in [0.1, 0.15) is 5.75 Å². The molecule has 0 bridgehead atoms. The Morgan fingerprint density at radius 2 is 1.84 bits per heavy atom. The number of carboxylic acids is 2. The summed E-state index contributed by atoms with van der Waals surface area (Å²) in [7, 11) is 4.58. The summed E-state index contributed by atoms with van der Waals surface area (Å²) in [5.41, 5.74) is 0.975. The van der Waals surface area contributed by atoms with Crippen LogP contribution in [-0.2, 0) is 9.59 Å². The molecule has 0 fully saturated rings. The molecule has 0 atom stereocenters. The Kier molecular flexibility index (Phi) is 11.4. The van der Waals surface area contributed by atoms with Crippen molar-refractivity contribution in [1.29, 1.82) is 0 Å². The summed E-state index contributed by atoms with van der Waals surface area (Å²) in [5.74, 6) is -1.95. The van der Waals surface area contributed by atoms with E-state index in [1.807, 2.05) is 18.2 Å². The van der Waals surface area contributed by atoms with Crippen molar-refractivity contribution in [3.05, 3.63) is 36.2 Å². The summed E-state index contributed by atoms with van der Waals surface area (Å²) in [5, 5.41) is 26.2. The molecule has 176 valence electrons. The van der Waals surface area contributed by atoms with E-state index in [0.29, 0.717) is 23.8 Å². The first kappa shape index (κ1) is 27.1. The number of amides is 1. The number of carbonyl (C=O) groups excluding carboxylic acids is 1. The highest BCUT2D eigenvalue weighted by molar-refractivity contribution is 8.76. The number of rotatable bonds is 10. The maximum Gasteiger partial charge on any atom is 0.490 e. The quantitative estimate of drug-likeness (QED) is 0.331. The van der Waals surface area contributed by atoms with Gasteiger partial charge >= 0.3 is 18.1 Å². The molecule has 2 aromatic rings. The van der Waals surface area contributed by atoms with Crippen LogP contribution in [0.15, 0.2) is 30.5 Å². The Morgan fingerprint density at radius 3 is 2.44 bits per heavy atom. The van der Waals surface area contributed by atoms with Crippen molar-refractivity contribution in [2.75, 3.05) is 25.2 Å². The van der Waals surface area contributed by atoms with Crippen LogP contribution in [0.3, 0.4) is 0 Å². The third-order valence-electron chi connectivity index (χ3n) is 3.24. The molecule has 1 aromatic carbocycles. The summed E-state index contributed by atoms with van der Waals surface area (Å²) in [4.78, 5) is 31.3. The number of benzene rings is 1. The molecule has 15 heteroatoms. The molecule has 0 aliphatic rings. The fourth-order valence-electron chi connectivity index (χ4n) is 1.79. The van der Waals surface area contributed by atoms with Crippen molar-refractivity contribution in [1.82, 2.24) is 20.3 Å². The number of ether oxygens (including phenoxy) is 1. The van der Waals surface area contributed by atoms with E-state index < -0.39 is 18.1 Å². The SMILES string of the molecule is COc1cccc(-n2cc(C(=O)NCCSSCCC(=O)O)nn2)c1.O=C(O)C(F)(F)F. The minimum Gasteiger partial charge on any atom is -0.497 e. The summed E-state index contributed by atoms with van der Waals surface area (Å²) in [6.45, 7) is 0.468. The Morgan fingerprint density at radius 1 is 1.19 bits per heavy atom. The molecule has 1 amide bonds. The number of carbonyl (C=O) groups is 3. The van der Waals surface area contributed by atoms with Crippen molar-refractivity contribution in [3.63, 3.8) is 0 Å². The van der Waals surface area contributed by atoms with E-state index in [2.05, 4.69) is 15.6 Å². The fraction of sp³-hybridized carbons (Fsp3) is 0.353. The van der Waals surface area contributed by atoms with Crippen LogP contribution >= 0.6 is 21.6 Å². The van der Waals surface area contributed by atoms with E-state index in [1.54, 1.807) is 19.4 Å². The number of halogens is 3. The lowest BCUT2D eigenvalue weighted by Gasteiger charge is -2.03. The molecule has 0 spiro atoms. The summed E-state index contributed by atoms with van der Waals surface area (Å²) in [6.07, 6.45) is -3.39. The average Bonchev–Trinajstić information content (AvgIpc) is 3.23. The largest absolute Gasteiger partial charge is 0.497 e. The zero-order valence-electron chi connectivity index (χ0n) is 16.5. The van der Waals surface area contributed by atoms with Crippen molar-refractivity contribution in [3.8, 4) is 11.4 Å². The van der Waals surface area contributed by atoms with Gasteiger partial charge in [-0.15, -0.1) is 5.10 Å². The Balaban J connectivity index is 0.000000633. The van der Waals surface area contributed by atoms with Crippen LogP contribution < -0.4 is 10.1 Å². The van der Waals surface area contributed by atoms with Crippen LogP contribution in [0.5, 0.6) is 5.75 Å². The molecule has 0 saturated heterocycles. The van der Waals surface area contributed by atoms with E-state index in [0.717, 1.165) is 5.69 Å². The van der Waals surface area contributed by atoms with Crippen LogP contribution in [0.25, 0.3) is 5.69 Å². The minimum atomic E-state index is -5.08. The second-order valence-corrected chi connectivity index (χ2v) is 8.30. The minimum absolute atomic E-state index is 0.136. The van der Waals surface area contributed by atoms with Gasteiger partial charge in [-0.05, 0) is 12.1 Å². The van der Waals surface area contributed by atoms with Crippen LogP contribution in [0, 0.1) is 0 Å². The zero-order chi connectivity index (χ0) is 24.1. The van der Waals surface area contributed by atoms with Gasteiger partial charge in [0, 0.05) is 24.1 Å². The number of carboxylic acid groups (broad SMARTS) is 2.